The van der Waals surface area contributed by atoms with Crippen molar-refractivity contribution in [3.8, 4) is 5.82 Å². The van der Waals surface area contributed by atoms with E-state index in [2.05, 4.69) is 4.98 Å². The van der Waals surface area contributed by atoms with Crippen molar-refractivity contribution >= 4 is 5.78 Å². The molecule has 0 radical (unpaired) electrons. The van der Waals surface area contributed by atoms with E-state index in [9.17, 15) is 22.8 Å². The number of alkyl halides is 3. The van der Waals surface area contributed by atoms with Crippen LogP contribution in [0.25, 0.3) is 5.82 Å². The number of rotatable bonds is 2. The van der Waals surface area contributed by atoms with Crippen LogP contribution < -0.4 is 5.56 Å². The van der Waals surface area contributed by atoms with Crippen LogP contribution in [0.15, 0.2) is 29.2 Å². The van der Waals surface area contributed by atoms with Gasteiger partial charge in [0.2, 0.25) is 0 Å². The van der Waals surface area contributed by atoms with E-state index in [-0.39, 0.29) is 11.5 Å². The molecule has 5 nitrogen and oxygen atoms in total. The van der Waals surface area contributed by atoms with Gasteiger partial charge in [-0.25, -0.2) is 4.98 Å². The lowest BCUT2D eigenvalue weighted by Gasteiger charge is -2.06. The molecule has 106 valence electrons. The lowest BCUT2D eigenvalue weighted by Crippen LogP contribution is -2.30. The van der Waals surface area contributed by atoms with Crippen molar-refractivity contribution < 1.29 is 18.0 Å². The van der Waals surface area contributed by atoms with Gasteiger partial charge in [-0.2, -0.15) is 17.9 Å². The predicted octanol–water partition coefficient (Wildman–Crippen LogP) is 1.62. The highest BCUT2D eigenvalue weighted by Gasteiger charge is 2.43. The van der Waals surface area contributed by atoms with E-state index in [1.165, 1.54) is 30.9 Å². The minimum Gasteiger partial charge on any atom is -0.284 e. The molecule has 0 aliphatic heterocycles. The standard InChI is InChI=1S/C12H10F3N3O2/c1-7-9(10(19)12(13,14)15)11(20)18(17(7)2)8-5-3-4-6-16-8/h3-6H,1-2H3. The van der Waals surface area contributed by atoms with Gasteiger partial charge >= 0.3 is 6.18 Å². The van der Waals surface area contributed by atoms with Crippen LogP contribution in [-0.4, -0.2) is 26.3 Å². The molecule has 0 aliphatic carbocycles. The quantitative estimate of drug-likeness (QED) is 0.788. The summed E-state index contributed by atoms with van der Waals surface area (Å²) in [5.41, 5.74) is -1.99. The van der Waals surface area contributed by atoms with Gasteiger partial charge in [0.15, 0.2) is 5.82 Å². The predicted molar refractivity (Wildman–Crippen MR) is 63.9 cm³/mol. The Hall–Kier alpha value is -2.38. The second-order valence-corrected chi connectivity index (χ2v) is 4.12. The topological polar surface area (TPSA) is 56.9 Å². The van der Waals surface area contributed by atoms with Crippen molar-refractivity contribution in [3.05, 3.63) is 46.0 Å². The van der Waals surface area contributed by atoms with Gasteiger partial charge in [-0.15, -0.1) is 0 Å². The first-order valence-corrected chi connectivity index (χ1v) is 5.56. The number of aromatic nitrogens is 3. The van der Waals surface area contributed by atoms with Crippen LogP contribution in [0.2, 0.25) is 0 Å². The maximum atomic E-state index is 12.5. The molecule has 8 heteroatoms. The van der Waals surface area contributed by atoms with Crippen molar-refractivity contribution in [2.75, 3.05) is 0 Å². The number of hydrogen-bond acceptors (Lipinski definition) is 3. The summed E-state index contributed by atoms with van der Waals surface area (Å²) in [5, 5.41) is 0. The Bertz CT molecular complexity index is 714. The Morgan fingerprint density at radius 2 is 1.95 bits per heavy atom. The lowest BCUT2D eigenvalue weighted by molar-refractivity contribution is -0.0886. The molecule has 0 aromatic carbocycles. The summed E-state index contributed by atoms with van der Waals surface area (Å²) in [6.45, 7) is 1.28. The molecule has 0 amide bonds. The Kier molecular flexibility index (Phi) is 3.24. The van der Waals surface area contributed by atoms with E-state index in [0.717, 1.165) is 4.68 Å². The van der Waals surface area contributed by atoms with Crippen molar-refractivity contribution in [2.24, 2.45) is 7.05 Å². The first-order valence-electron chi connectivity index (χ1n) is 5.56. The molecule has 0 aliphatic rings. The first kappa shape index (κ1) is 14.0. The number of halogens is 3. The van der Waals surface area contributed by atoms with Crippen LogP contribution in [0, 0.1) is 6.92 Å². The third kappa shape index (κ3) is 2.13. The molecule has 20 heavy (non-hydrogen) atoms. The van der Waals surface area contributed by atoms with Crippen LogP contribution >= 0.6 is 0 Å². The molecule has 0 fully saturated rings. The Morgan fingerprint density at radius 1 is 1.30 bits per heavy atom. The van der Waals surface area contributed by atoms with Gasteiger partial charge in [-0.1, -0.05) is 6.07 Å². The van der Waals surface area contributed by atoms with E-state index in [1.807, 2.05) is 0 Å². The minimum atomic E-state index is -5.09. The SMILES string of the molecule is Cc1c(C(=O)C(F)(F)F)c(=O)n(-c2ccccn2)n1C. The minimum absolute atomic E-state index is 0.0667. The fourth-order valence-electron chi connectivity index (χ4n) is 1.85. The van der Waals surface area contributed by atoms with Crippen molar-refractivity contribution in [1.29, 1.82) is 0 Å². The number of nitrogens with zero attached hydrogens (tertiary/aromatic N) is 3. The second kappa shape index (κ2) is 4.62. The molecule has 2 aromatic heterocycles. The van der Waals surface area contributed by atoms with Crippen LogP contribution in [0.3, 0.4) is 0 Å². The van der Waals surface area contributed by atoms with Crippen LogP contribution in [0.1, 0.15) is 16.1 Å². The van der Waals surface area contributed by atoms with Gasteiger partial charge in [-0.05, 0) is 19.1 Å². The third-order valence-corrected chi connectivity index (χ3v) is 2.90. The molecule has 2 aromatic rings. The summed E-state index contributed by atoms with van der Waals surface area (Å²) in [4.78, 5) is 27.3. The Balaban J connectivity index is 2.71. The Labute approximate surface area is 111 Å². The summed E-state index contributed by atoms with van der Waals surface area (Å²) in [6.07, 6.45) is -3.69. The van der Waals surface area contributed by atoms with E-state index in [4.69, 9.17) is 0 Å². The number of hydrogen-bond donors (Lipinski definition) is 0. The zero-order valence-corrected chi connectivity index (χ0v) is 10.6. The van der Waals surface area contributed by atoms with E-state index in [0.29, 0.717) is 0 Å². The van der Waals surface area contributed by atoms with Crippen molar-refractivity contribution in [3.63, 3.8) is 0 Å². The molecule has 0 bridgehead atoms. The molecule has 0 saturated carbocycles. The molecule has 0 spiro atoms. The van der Waals surface area contributed by atoms with Gasteiger partial charge in [-0.3, -0.25) is 14.3 Å². The van der Waals surface area contributed by atoms with Gasteiger partial charge in [0.25, 0.3) is 11.3 Å². The molecule has 0 atom stereocenters. The number of ketones is 1. The van der Waals surface area contributed by atoms with E-state index < -0.39 is 23.1 Å². The highest BCUT2D eigenvalue weighted by Crippen LogP contribution is 2.22. The highest BCUT2D eigenvalue weighted by atomic mass is 19.4. The fourth-order valence-corrected chi connectivity index (χ4v) is 1.85. The summed E-state index contributed by atoms with van der Waals surface area (Å²) in [6, 6.07) is 4.65. The molecule has 2 heterocycles. The van der Waals surface area contributed by atoms with Gasteiger partial charge in [0, 0.05) is 18.9 Å². The smallest absolute Gasteiger partial charge is 0.284 e. The number of Topliss-reactive ketones (excluding diaryl/α,β-unsaturated/α-hetero) is 1. The second-order valence-electron chi connectivity index (χ2n) is 4.12. The van der Waals surface area contributed by atoms with Crippen LogP contribution in [0.5, 0.6) is 0 Å². The average molecular weight is 285 g/mol. The average Bonchev–Trinajstić information content (AvgIpc) is 2.60. The van der Waals surface area contributed by atoms with Gasteiger partial charge in [0.1, 0.15) is 5.56 Å². The number of carbonyl (C=O) groups is 1. The number of carbonyl (C=O) groups excluding carboxylic acids is 1. The fraction of sp³-hybridized carbons (Fsp3) is 0.250. The van der Waals surface area contributed by atoms with Crippen LogP contribution in [-0.2, 0) is 7.05 Å². The third-order valence-electron chi connectivity index (χ3n) is 2.90. The molecule has 2 rings (SSSR count). The van der Waals surface area contributed by atoms with E-state index in [1.54, 1.807) is 12.1 Å². The molecule has 0 saturated heterocycles. The lowest BCUT2D eigenvalue weighted by atomic mass is 10.1. The summed E-state index contributed by atoms with van der Waals surface area (Å²) < 4.78 is 39.6. The zero-order valence-electron chi connectivity index (χ0n) is 10.6. The molecular formula is C12H10F3N3O2. The molecule has 0 N–H and O–H groups in total. The maximum absolute atomic E-state index is 12.5. The highest BCUT2D eigenvalue weighted by molar-refractivity contribution is 6.01. The zero-order chi connectivity index (χ0) is 15.1. The van der Waals surface area contributed by atoms with Gasteiger partial charge in [0.05, 0.1) is 0 Å². The van der Waals surface area contributed by atoms with Crippen LogP contribution in [0.4, 0.5) is 13.2 Å². The summed E-state index contributed by atoms with van der Waals surface area (Å²) >= 11 is 0. The maximum Gasteiger partial charge on any atom is 0.455 e. The number of pyridine rings is 1. The normalized spacial score (nSPS) is 11.7. The molecule has 0 unspecified atom stereocenters. The van der Waals surface area contributed by atoms with Crippen molar-refractivity contribution in [2.45, 2.75) is 13.1 Å². The summed E-state index contributed by atoms with van der Waals surface area (Å²) in [7, 11) is 1.39. The van der Waals surface area contributed by atoms with Gasteiger partial charge < -0.3 is 0 Å². The van der Waals surface area contributed by atoms with E-state index >= 15 is 0 Å². The Morgan fingerprint density at radius 3 is 2.45 bits per heavy atom. The first-order chi connectivity index (χ1) is 9.25. The molecular weight excluding hydrogens is 275 g/mol. The summed E-state index contributed by atoms with van der Waals surface area (Å²) in [5.74, 6) is -2.00. The van der Waals surface area contributed by atoms with Crippen molar-refractivity contribution in [1.82, 2.24) is 14.3 Å². The monoisotopic (exact) mass is 285 g/mol. The largest absolute Gasteiger partial charge is 0.455 e.